The van der Waals surface area contributed by atoms with Crippen molar-refractivity contribution in [1.82, 2.24) is 0 Å². The Morgan fingerprint density at radius 2 is 2.00 bits per heavy atom. The molecule has 0 saturated heterocycles. The molecule has 0 aliphatic carbocycles. The van der Waals surface area contributed by atoms with E-state index in [0.717, 1.165) is 5.56 Å². The van der Waals surface area contributed by atoms with E-state index in [1.165, 1.54) is 0 Å². The quantitative estimate of drug-likeness (QED) is 0.872. The molecule has 17 heavy (non-hydrogen) atoms. The maximum atomic E-state index is 11.4. The van der Waals surface area contributed by atoms with Gasteiger partial charge in [0.2, 0.25) is 0 Å². The Labute approximate surface area is 106 Å². The first-order valence-electron chi connectivity index (χ1n) is 5.42. The van der Waals surface area contributed by atoms with Gasteiger partial charge in [0.15, 0.2) is 0 Å². The molecule has 1 atom stereocenters. The first-order valence-corrected chi connectivity index (χ1v) is 5.80. The zero-order chi connectivity index (χ0) is 13.0. The van der Waals surface area contributed by atoms with Crippen molar-refractivity contribution in [2.75, 3.05) is 5.32 Å². The van der Waals surface area contributed by atoms with E-state index in [9.17, 15) is 4.79 Å². The highest BCUT2D eigenvalue weighted by Gasteiger charge is 2.08. The van der Waals surface area contributed by atoms with Crippen molar-refractivity contribution >= 4 is 23.4 Å². The Hall–Kier alpha value is -1.26. The molecule has 0 spiro atoms. The topological polar surface area (TPSA) is 64.3 Å². The molecule has 0 radical (unpaired) electrons. The normalized spacial score (nSPS) is 12.4. The summed E-state index contributed by atoms with van der Waals surface area (Å²) in [5.74, 6) is 0. The van der Waals surface area contributed by atoms with Crippen molar-refractivity contribution in [2.45, 2.75) is 32.9 Å². The zero-order valence-electron chi connectivity index (χ0n) is 10.2. The third-order valence-electron chi connectivity index (χ3n) is 2.04. The number of amides is 1. The molecular weight excluding hydrogens is 240 g/mol. The molecule has 1 aromatic carbocycles. The van der Waals surface area contributed by atoms with Crippen LogP contribution in [0, 0.1) is 0 Å². The Morgan fingerprint density at radius 3 is 2.53 bits per heavy atom. The van der Waals surface area contributed by atoms with Crippen molar-refractivity contribution in [1.29, 1.82) is 0 Å². The van der Waals surface area contributed by atoms with Crippen LogP contribution in [-0.2, 0) is 4.74 Å². The van der Waals surface area contributed by atoms with E-state index in [-0.39, 0.29) is 12.1 Å². The smallest absolute Gasteiger partial charge is 0.411 e. The minimum absolute atomic E-state index is 0.143. The summed E-state index contributed by atoms with van der Waals surface area (Å²) in [6.45, 7) is 5.41. The first kappa shape index (κ1) is 13.8. The van der Waals surface area contributed by atoms with E-state index in [1.54, 1.807) is 32.0 Å². The number of ether oxygens (including phenoxy) is 1. The van der Waals surface area contributed by atoms with Gasteiger partial charge in [-0.3, -0.25) is 5.32 Å². The molecule has 0 heterocycles. The predicted molar refractivity (Wildman–Crippen MR) is 69.3 cm³/mol. The zero-order valence-corrected chi connectivity index (χ0v) is 10.9. The largest absolute Gasteiger partial charge is 0.447 e. The summed E-state index contributed by atoms with van der Waals surface area (Å²) >= 11 is 5.94. The lowest BCUT2D eigenvalue weighted by molar-refractivity contribution is 0.130. The number of halogens is 1. The molecule has 1 unspecified atom stereocenters. The van der Waals surface area contributed by atoms with Crippen LogP contribution >= 0.6 is 11.6 Å². The fourth-order valence-corrected chi connectivity index (χ4v) is 1.55. The lowest BCUT2D eigenvalue weighted by atomic mass is 10.1. The Kier molecular flexibility index (Phi) is 4.78. The molecule has 0 aliphatic heterocycles. The summed E-state index contributed by atoms with van der Waals surface area (Å²) in [6, 6.07) is 5.05. The van der Waals surface area contributed by atoms with Crippen LogP contribution < -0.4 is 11.1 Å². The highest BCUT2D eigenvalue weighted by Crippen LogP contribution is 2.22. The summed E-state index contributed by atoms with van der Waals surface area (Å²) in [7, 11) is 0. The van der Waals surface area contributed by atoms with Crippen LogP contribution in [0.2, 0.25) is 5.02 Å². The van der Waals surface area contributed by atoms with Gasteiger partial charge in [-0.15, -0.1) is 0 Å². The molecule has 4 nitrogen and oxygen atoms in total. The molecule has 0 fully saturated rings. The summed E-state index contributed by atoms with van der Waals surface area (Å²) in [5.41, 5.74) is 7.20. The Balaban J connectivity index is 2.80. The van der Waals surface area contributed by atoms with E-state index in [4.69, 9.17) is 22.1 Å². The number of hydrogen-bond donors (Lipinski definition) is 2. The van der Waals surface area contributed by atoms with E-state index < -0.39 is 6.09 Å². The van der Waals surface area contributed by atoms with Crippen LogP contribution in [0.1, 0.15) is 32.4 Å². The number of benzene rings is 1. The fraction of sp³-hybridized carbons (Fsp3) is 0.417. The number of anilines is 1. The molecule has 1 aromatic rings. The molecule has 0 saturated carbocycles. The summed E-state index contributed by atoms with van der Waals surface area (Å²) < 4.78 is 4.97. The van der Waals surface area contributed by atoms with Gasteiger partial charge in [-0.1, -0.05) is 11.6 Å². The van der Waals surface area contributed by atoms with Gasteiger partial charge < -0.3 is 10.5 Å². The second-order valence-electron chi connectivity index (χ2n) is 4.14. The molecule has 3 N–H and O–H groups in total. The number of rotatable bonds is 3. The SMILES string of the molecule is CC(C)OC(=O)Nc1cc(Cl)cc(C(C)N)c1. The second kappa shape index (κ2) is 5.89. The van der Waals surface area contributed by atoms with Crippen molar-refractivity contribution < 1.29 is 9.53 Å². The monoisotopic (exact) mass is 256 g/mol. The highest BCUT2D eigenvalue weighted by molar-refractivity contribution is 6.31. The van der Waals surface area contributed by atoms with Gasteiger partial charge in [-0.2, -0.15) is 0 Å². The standard InChI is InChI=1S/C12H17ClN2O2/c1-7(2)17-12(16)15-11-5-9(8(3)14)4-10(13)6-11/h4-8H,14H2,1-3H3,(H,15,16). The number of carbonyl (C=O) groups is 1. The minimum Gasteiger partial charge on any atom is -0.447 e. The third-order valence-corrected chi connectivity index (χ3v) is 2.25. The van der Waals surface area contributed by atoms with Crippen molar-refractivity contribution in [3.8, 4) is 0 Å². The lowest BCUT2D eigenvalue weighted by Gasteiger charge is -2.12. The van der Waals surface area contributed by atoms with Crippen LogP contribution in [0.4, 0.5) is 10.5 Å². The van der Waals surface area contributed by atoms with Crippen molar-refractivity contribution in [2.24, 2.45) is 5.73 Å². The maximum absolute atomic E-state index is 11.4. The molecule has 0 aliphatic rings. The molecule has 1 rings (SSSR count). The number of nitrogens with one attached hydrogen (secondary N) is 1. The molecule has 0 aromatic heterocycles. The Bertz CT molecular complexity index is 405. The second-order valence-corrected chi connectivity index (χ2v) is 4.58. The Morgan fingerprint density at radius 1 is 1.35 bits per heavy atom. The van der Waals surface area contributed by atoms with Crippen molar-refractivity contribution in [3.63, 3.8) is 0 Å². The number of nitrogens with two attached hydrogens (primary N) is 1. The van der Waals surface area contributed by atoms with Gasteiger partial charge in [0, 0.05) is 16.8 Å². The summed E-state index contributed by atoms with van der Waals surface area (Å²) in [6.07, 6.45) is -0.667. The highest BCUT2D eigenvalue weighted by atomic mass is 35.5. The maximum Gasteiger partial charge on any atom is 0.411 e. The van der Waals surface area contributed by atoms with Gasteiger partial charge in [0.1, 0.15) is 0 Å². The van der Waals surface area contributed by atoms with Crippen LogP contribution in [0.5, 0.6) is 0 Å². The van der Waals surface area contributed by atoms with Gasteiger partial charge in [0.05, 0.1) is 6.10 Å². The third kappa shape index (κ3) is 4.63. The average Bonchev–Trinajstić information content (AvgIpc) is 2.14. The molecule has 0 bridgehead atoms. The molecule has 1 amide bonds. The van der Waals surface area contributed by atoms with Gasteiger partial charge >= 0.3 is 6.09 Å². The van der Waals surface area contributed by atoms with E-state index in [1.807, 2.05) is 6.92 Å². The van der Waals surface area contributed by atoms with Crippen molar-refractivity contribution in [3.05, 3.63) is 28.8 Å². The van der Waals surface area contributed by atoms with Crippen LogP contribution in [-0.4, -0.2) is 12.2 Å². The van der Waals surface area contributed by atoms with E-state index in [0.29, 0.717) is 10.7 Å². The average molecular weight is 257 g/mol. The van der Waals surface area contributed by atoms with Gasteiger partial charge in [-0.25, -0.2) is 4.79 Å². The number of carbonyl (C=O) groups excluding carboxylic acids is 1. The first-order chi connectivity index (χ1) is 7.88. The number of hydrogen-bond acceptors (Lipinski definition) is 3. The van der Waals surface area contributed by atoms with Crippen LogP contribution in [0.15, 0.2) is 18.2 Å². The molecular formula is C12H17ClN2O2. The lowest BCUT2D eigenvalue weighted by Crippen LogP contribution is -2.18. The predicted octanol–water partition coefficient (Wildman–Crippen LogP) is 3.32. The minimum atomic E-state index is -0.502. The summed E-state index contributed by atoms with van der Waals surface area (Å²) in [5, 5.41) is 3.14. The summed E-state index contributed by atoms with van der Waals surface area (Å²) in [4.78, 5) is 11.4. The van der Waals surface area contributed by atoms with E-state index >= 15 is 0 Å². The van der Waals surface area contributed by atoms with Gasteiger partial charge in [0.25, 0.3) is 0 Å². The molecule has 5 heteroatoms. The van der Waals surface area contributed by atoms with Crippen LogP contribution in [0.3, 0.4) is 0 Å². The van der Waals surface area contributed by atoms with E-state index in [2.05, 4.69) is 5.32 Å². The van der Waals surface area contributed by atoms with Crippen LogP contribution in [0.25, 0.3) is 0 Å². The fourth-order valence-electron chi connectivity index (χ4n) is 1.31. The molecule has 94 valence electrons. The van der Waals surface area contributed by atoms with Gasteiger partial charge in [-0.05, 0) is 44.5 Å².